The normalized spacial score (nSPS) is 20.5. The number of pyridine rings is 3. The first-order valence-corrected chi connectivity index (χ1v) is 10.9. The first-order valence-electron chi connectivity index (χ1n) is 10.9. The van der Waals surface area contributed by atoms with Crippen molar-refractivity contribution in [2.45, 2.75) is 57.0 Å². The van der Waals surface area contributed by atoms with Gasteiger partial charge < -0.3 is 10.6 Å². The maximum Gasteiger partial charge on any atom is 0.255 e. The van der Waals surface area contributed by atoms with Crippen LogP contribution in [0.5, 0.6) is 0 Å². The van der Waals surface area contributed by atoms with E-state index in [0.29, 0.717) is 12.1 Å². The molecule has 0 aromatic carbocycles. The van der Waals surface area contributed by atoms with E-state index in [1.807, 2.05) is 18.2 Å². The molecule has 0 bridgehead atoms. The molecule has 3 aromatic rings. The predicted molar refractivity (Wildman–Crippen MR) is 119 cm³/mol. The second-order valence-electron chi connectivity index (χ2n) is 8.32. The Morgan fingerprint density at radius 3 is 2.50 bits per heavy atom. The zero-order valence-corrected chi connectivity index (χ0v) is 17.1. The van der Waals surface area contributed by atoms with Gasteiger partial charge in [-0.3, -0.25) is 9.36 Å². The van der Waals surface area contributed by atoms with Crippen molar-refractivity contribution >= 4 is 11.6 Å². The summed E-state index contributed by atoms with van der Waals surface area (Å²) in [6.07, 6.45) is 11.6. The summed E-state index contributed by atoms with van der Waals surface area (Å²) in [7, 11) is 0. The van der Waals surface area contributed by atoms with Crippen molar-refractivity contribution in [2.75, 3.05) is 10.6 Å². The molecule has 0 amide bonds. The number of hydrogen-bond donors (Lipinski definition) is 2. The second-order valence-corrected chi connectivity index (χ2v) is 8.32. The molecule has 154 valence electrons. The van der Waals surface area contributed by atoms with Crippen LogP contribution in [0.3, 0.4) is 0 Å². The number of anilines is 2. The topological polar surface area (TPSA) is 71.8 Å². The van der Waals surface area contributed by atoms with Gasteiger partial charge >= 0.3 is 0 Å². The third-order valence-corrected chi connectivity index (χ3v) is 6.16. The minimum atomic E-state index is -0.0551. The van der Waals surface area contributed by atoms with Crippen LogP contribution < -0.4 is 16.2 Å². The first kappa shape index (κ1) is 18.9. The molecule has 0 aliphatic heterocycles. The molecular weight excluding hydrogens is 374 g/mol. The van der Waals surface area contributed by atoms with Gasteiger partial charge in [0.1, 0.15) is 11.6 Å². The van der Waals surface area contributed by atoms with Crippen molar-refractivity contribution in [1.82, 2.24) is 14.5 Å². The first-order chi connectivity index (χ1) is 14.7. The average Bonchev–Trinajstić information content (AvgIpc) is 3.21. The molecule has 6 nitrogen and oxygen atoms in total. The van der Waals surface area contributed by atoms with E-state index in [4.69, 9.17) is 4.98 Å². The molecule has 6 heteroatoms. The van der Waals surface area contributed by atoms with Crippen molar-refractivity contribution in [3.8, 4) is 5.69 Å². The summed E-state index contributed by atoms with van der Waals surface area (Å²) in [6, 6.07) is 14.2. The number of nitrogens with zero attached hydrogens (tertiary/aromatic N) is 3. The lowest BCUT2D eigenvalue weighted by Gasteiger charge is -2.19. The fourth-order valence-corrected chi connectivity index (χ4v) is 4.58. The van der Waals surface area contributed by atoms with Crippen LogP contribution in [0.2, 0.25) is 0 Å². The monoisotopic (exact) mass is 401 g/mol. The van der Waals surface area contributed by atoms with Gasteiger partial charge in [-0.05, 0) is 74.8 Å². The molecule has 1 fully saturated rings. The smallest absolute Gasteiger partial charge is 0.255 e. The molecular formula is C24H27N5O. The highest BCUT2D eigenvalue weighted by Crippen LogP contribution is 2.27. The summed E-state index contributed by atoms with van der Waals surface area (Å²) in [6.45, 7) is 0. The van der Waals surface area contributed by atoms with Crippen molar-refractivity contribution in [1.29, 1.82) is 0 Å². The maximum absolute atomic E-state index is 12.0. The molecule has 5 rings (SSSR count). The Morgan fingerprint density at radius 2 is 1.70 bits per heavy atom. The quantitative estimate of drug-likeness (QED) is 0.677. The summed E-state index contributed by atoms with van der Waals surface area (Å²) < 4.78 is 1.60. The largest absolute Gasteiger partial charge is 0.367 e. The summed E-state index contributed by atoms with van der Waals surface area (Å²) in [5.74, 6) is 1.86. The molecule has 0 unspecified atom stereocenters. The summed E-state index contributed by atoms with van der Waals surface area (Å²) in [5.41, 5.74) is 3.42. The van der Waals surface area contributed by atoms with E-state index in [2.05, 4.69) is 27.8 Å². The number of fused-ring (bicyclic) bond motifs is 1. The molecule has 0 saturated heterocycles. The molecule has 3 aromatic heterocycles. The van der Waals surface area contributed by atoms with Gasteiger partial charge in [-0.25, -0.2) is 9.97 Å². The van der Waals surface area contributed by atoms with E-state index in [0.717, 1.165) is 43.0 Å². The Kier molecular flexibility index (Phi) is 5.22. The zero-order chi connectivity index (χ0) is 20.3. The number of hydrogen-bond acceptors (Lipinski definition) is 5. The van der Waals surface area contributed by atoms with Crippen molar-refractivity contribution in [2.24, 2.45) is 0 Å². The van der Waals surface area contributed by atoms with Gasteiger partial charge in [0.15, 0.2) is 0 Å². The Balaban J connectivity index is 1.18. The van der Waals surface area contributed by atoms with Gasteiger partial charge in [0.2, 0.25) is 0 Å². The Labute approximate surface area is 176 Å². The van der Waals surface area contributed by atoms with Gasteiger partial charge in [-0.1, -0.05) is 12.1 Å². The molecule has 2 atom stereocenters. The lowest BCUT2D eigenvalue weighted by atomic mass is 9.96. The summed E-state index contributed by atoms with van der Waals surface area (Å²) in [5, 5.41) is 7.17. The SMILES string of the molecule is O=c1ccccn1-c1ccc(N[C@H]2CC[C@H](Nc3ccc4c(n3)CCCC4)C2)nc1. The molecule has 2 aliphatic carbocycles. The molecule has 1 saturated carbocycles. The molecule has 2 N–H and O–H groups in total. The number of rotatable bonds is 5. The fourth-order valence-electron chi connectivity index (χ4n) is 4.58. The van der Waals surface area contributed by atoms with Gasteiger partial charge in [0.25, 0.3) is 5.56 Å². The second kappa shape index (κ2) is 8.30. The fraction of sp³-hybridized carbons (Fsp3) is 0.375. The van der Waals surface area contributed by atoms with Crippen molar-refractivity contribution in [3.05, 3.63) is 76.5 Å². The van der Waals surface area contributed by atoms with E-state index in [-0.39, 0.29) is 5.56 Å². The van der Waals surface area contributed by atoms with Gasteiger partial charge in [0.05, 0.1) is 11.9 Å². The van der Waals surface area contributed by atoms with E-state index in [1.165, 1.54) is 30.5 Å². The Morgan fingerprint density at radius 1 is 0.900 bits per heavy atom. The van der Waals surface area contributed by atoms with Crippen LogP contribution in [-0.4, -0.2) is 26.6 Å². The highest BCUT2D eigenvalue weighted by molar-refractivity contribution is 5.43. The summed E-state index contributed by atoms with van der Waals surface area (Å²) >= 11 is 0. The average molecular weight is 402 g/mol. The highest BCUT2D eigenvalue weighted by atomic mass is 16.1. The third-order valence-electron chi connectivity index (χ3n) is 6.16. The van der Waals surface area contributed by atoms with E-state index in [9.17, 15) is 4.79 Å². The van der Waals surface area contributed by atoms with Crippen LogP contribution in [0.4, 0.5) is 11.6 Å². The van der Waals surface area contributed by atoms with Crippen LogP contribution in [0.25, 0.3) is 5.69 Å². The molecule has 0 spiro atoms. The minimum Gasteiger partial charge on any atom is -0.367 e. The zero-order valence-electron chi connectivity index (χ0n) is 17.1. The predicted octanol–water partition coefficient (Wildman–Crippen LogP) is 3.95. The van der Waals surface area contributed by atoms with Crippen LogP contribution in [0.15, 0.2) is 59.7 Å². The maximum atomic E-state index is 12.0. The van der Waals surface area contributed by atoms with Gasteiger partial charge in [0, 0.05) is 30.0 Å². The van der Waals surface area contributed by atoms with Crippen molar-refractivity contribution < 1.29 is 0 Å². The Bertz CT molecular complexity index is 1080. The molecule has 2 aliphatic rings. The van der Waals surface area contributed by atoms with Crippen molar-refractivity contribution in [3.63, 3.8) is 0 Å². The molecule has 0 radical (unpaired) electrons. The number of aryl methyl sites for hydroxylation is 2. The Hall–Kier alpha value is -3.15. The van der Waals surface area contributed by atoms with Gasteiger partial charge in [-0.15, -0.1) is 0 Å². The van der Waals surface area contributed by atoms with Crippen LogP contribution in [0.1, 0.15) is 43.4 Å². The van der Waals surface area contributed by atoms with E-state index in [1.54, 1.807) is 29.1 Å². The summed E-state index contributed by atoms with van der Waals surface area (Å²) in [4.78, 5) is 21.3. The molecule has 30 heavy (non-hydrogen) atoms. The number of aromatic nitrogens is 3. The minimum absolute atomic E-state index is 0.0551. The highest BCUT2D eigenvalue weighted by Gasteiger charge is 2.25. The van der Waals surface area contributed by atoms with E-state index < -0.39 is 0 Å². The third kappa shape index (κ3) is 4.08. The number of nitrogens with one attached hydrogen (secondary N) is 2. The van der Waals surface area contributed by atoms with Crippen LogP contribution in [-0.2, 0) is 12.8 Å². The lowest BCUT2D eigenvalue weighted by molar-refractivity contribution is 0.665. The van der Waals surface area contributed by atoms with Gasteiger partial charge in [-0.2, -0.15) is 0 Å². The van der Waals surface area contributed by atoms with Crippen LogP contribution in [0, 0.1) is 0 Å². The van der Waals surface area contributed by atoms with E-state index >= 15 is 0 Å². The van der Waals surface area contributed by atoms with Crippen LogP contribution >= 0.6 is 0 Å². The molecule has 3 heterocycles. The standard InChI is InChI=1S/C24H27N5O/c30-24-7-3-4-14-29(24)20-11-13-22(25-16-20)26-18-9-10-19(15-18)27-23-12-8-17-5-1-2-6-21(17)28-23/h3-4,7-8,11-14,16,18-19H,1-2,5-6,9-10,15H2,(H,25,26)(H,27,28)/t18-,19-/m0/s1. The lowest BCUT2D eigenvalue weighted by Crippen LogP contribution is -2.22.